The van der Waals surface area contributed by atoms with E-state index in [0.29, 0.717) is 26.2 Å². The fourth-order valence-electron chi connectivity index (χ4n) is 1.43. The van der Waals surface area contributed by atoms with Crippen LogP contribution in [0.1, 0.15) is 19.8 Å². The first kappa shape index (κ1) is 12.9. The van der Waals surface area contributed by atoms with Crippen LogP contribution in [0.5, 0.6) is 0 Å². The number of rotatable bonds is 4. The summed E-state index contributed by atoms with van der Waals surface area (Å²) in [5.41, 5.74) is 4.77. The van der Waals surface area contributed by atoms with Crippen LogP contribution in [0.2, 0.25) is 0 Å². The van der Waals surface area contributed by atoms with Gasteiger partial charge in [-0.05, 0) is 6.42 Å². The third-order valence-corrected chi connectivity index (χ3v) is 2.29. The number of carbonyl (C=O) groups excluding carboxylic acids is 2. The molecule has 0 atom stereocenters. The van der Waals surface area contributed by atoms with E-state index in [1.807, 2.05) is 11.8 Å². The van der Waals surface area contributed by atoms with E-state index in [-0.39, 0.29) is 11.8 Å². The molecule has 0 aromatic rings. The second-order valence-corrected chi connectivity index (χ2v) is 3.73. The van der Waals surface area contributed by atoms with E-state index < -0.39 is 0 Å². The molecule has 0 aromatic carbocycles. The first-order valence-corrected chi connectivity index (χ1v) is 5.60. The van der Waals surface area contributed by atoms with Crippen molar-refractivity contribution in [3.05, 3.63) is 0 Å². The molecule has 2 N–H and O–H groups in total. The number of ether oxygens (including phenoxy) is 1. The van der Waals surface area contributed by atoms with Gasteiger partial charge in [0.05, 0.1) is 19.8 Å². The normalized spacial score (nSPS) is 16.8. The largest absolute Gasteiger partial charge is 0.379 e. The van der Waals surface area contributed by atoms with Crippen LogP contribution in [0, 0.1) is 0 Å². The Morgan fingerprint density at radius 1 is 1.19 bits per heavy atom. The molecule has 16 heavy (non-hydrogen) atoms. The van der Waals surface area contributed by atoms with E-state index in [1.165, 1.54) is 0 Å². The lowest BCUT2D eigenvalue weighted by Gasteiger charge is -2.25. The Morgan fingerprint density at radius 2 is 1.81 bits per heavy atom. The summed E-state index contributed by atoms with van der Waals surface area (Å²) >= 11 is 0. The Kier molecular flexibility index (Phi) is 5.81. The minimum absolute atomic E-state index is 0.155. The van der Waals surface area contributed by atoms with Crippen molar-refractivity contribution in [3.8, 4) is 0 Å². The Hall–Kier alpha value is -1.14. The summed E-state index contributed by atoms with van der Waals surface area (Å²) in [6.45, 7) is 5.06. The van der Waals surface area contributed by atoms with Crippen LogP contribution in [-0.2, 0) is 14.3 Å². The van der Waals surface area contributed by atoms with Crippen LogP contribution in [-0.4, -0.2) is 49.6 Å². The molecular formula is C10H19N3O3. The van der Waals surface area contributed by atoms with E-state index >= 15 is 0 Å². The second kappa shape index (κ2) is 7.19. The van der Waals surface area contributed by atoms with E-state index in [9.17, 15) is 9.59 Å². The summed E-state index contributed by atoms with van der Waals surface area (Å²) in [4.78, 5) is 24.5. The highest BCUT2D eigenvalue weighted by Gasteiger charge is 2.14. The maximum atomic E-state index is 11.4. The third-order valence-electron chi connectivity index (χ3n) is 2.29. The maximum absolute atomic E-state index is 11.4. The van der Waals surface area contributed by atoms with Crippen LogP contribution < -0.4 is 10.9 Å². The van der Waals surface area contributed by atoms with Crippen LogP contribution in [0.25, 0.3) is 0 Å². The van der Waals surface area contributed by atoms with E-state index in [1.54, 1.807) is 0 Å². The van der Waals surface area contributed by atoms with E-state index in [0.717, 1.165) is 19.5 Å². The van der Waals surface area contributed by atoms with Crippen molar-refractivity contribution in [2.24, 2.45) is 0 Å². The maximum Gasteiger partial charge on any atom is 0.252 e. The molecule has 0 aromatic heterocycles. The zero-order chi connectivity index (χ0) is 11.8. The summed E-state index contributed by atoms with van der Waals surface area (Å²) in [6, 6.07) is 0. The summed E-state index contributed by atoms with van der Waals surface area (Å²) < 4.78 is 5.17. The summed E-state index contributed by atoms with van der Waals surface area (Å²) in [5.74, 6) is -0.343. The summed E-state index contributed by atoms with van der Waals surface area (Å²) in [5, 5.41) is 0. The molecule has 0 radical (unpaired) electrons. The first-order valence-electron chi connectivity index (χ1n) is 5.60. The Morgan fingerprint density at radius 3 is 2.44 bits per heavy atom. The van der Waals surface area contributed by atoms with Gasteiger partial charge in [0.1, 0.15) is 0 Å². The highest BCUT2D eigenvalue weighted by molar-refractivity contribution is 5.82. The van der Waals surface area contributed by atoms with E-state index in [2.05, 4.69) is 10.9 Å². The van der Waals surface area contributed by atoms with Gasteiger partial charge in [0.2, 0.25) is 5.91 Å². The molecule has 0 bridgehead atoms. The predicted octanol–water partition coefficient (Wildman–Crippen LogP) is -0.734. The molecule has 1 saturated heterocycles. The molecule has 0 spiro atoms. The highest BCUT2D eigenvalue weighted by atomic mass is 16.5. The van der Waals surface area contributed by atoms with Crippen molar-refractivity contribution in [2.75, 3.05) is 32.8 Å². The lowest BCUT2D eigenvalue weighted by atomic mass is 10.3. The molecule has 6 heteroatoms. The summed E-state index contributed by atoms with van der Waals surface area (Å²) in [6.07, 6.45) is 1.20. The fraction of sp³-hybridized carbons (Fsp3) is 0.800. The number of hydrazine groups is 1. The SMILES string of the molecule is CCCC(=O)NNC(=O)CN1CCOCC1. The van der Waals surface area contributed by atoms with Gasteiger partial charge in [-0.3, -0.25) is 25.3 Å². The van der Waals surface area contributed by atoms with Crippen LogP contribution in [0.3, 0.4) is 0 Å². The highest BCUT2D eigenvalue weighted by Crippen LogP contribution is 1.95. The quantitative estimate of drug-likeness (QED) is 0.623. The van der Waals surface area contributed by atoms with E-state index in [4.69, 9.17) is 4.74 Å². The topological polar surface area (TPSA) is 70.7 Å². The summed E-state index contributed by atoms with van der Waals surface area (Å²) in [7, 11) is 0. The predicted molar refractivity (Wildman–Crippen MR) is 58.5 cm³/mol. The first-order chi connectivity index (χ1) is 7.72. The molecule has 6 nitrogen and oxygen atoms in total. The minimum Gasteiger partial charge on any atom is -0.379 e. The average molecular weight is 229 g/mol. The Bertz CT molecular complexity index is 239. The monoisotopic (exact) mass is 229 g/mol. The molecule has 0 aliphatic carbocycles. The second-order valence-electron chi connectivity index (χ2n) is 3.73. The van der Waals surface area contributed by atoms with Crippen molar-refractivity contribution in [3.63, 3.8) is 0 Å². The lowest BCUT2D eigenvalue weighted by Crippen LogP contribution is -2.48. The van der Waals surface area contributed by atoms with Crippen molar-refractivity contribution >= 4 is 11.8 Å². The lowest BCUT2D eigenvalue weighted by molar-refractivity contribution is -0.130. The van der Waals surface area contributed by atoms with Gasteiger partial charge >= 0.3 is 0 Å². The Balaban J connectivity index is 2.12. The van der Waals surface area contributed by atoms with Gasteiger partial charge in [-0.2, -0.15) is 0 Å². The molecule has 1 aliphatic heterocycles. The van der Waals surface area contributed by atoms with Gasteiger partial charge in [0.15, 0.2) is 0 Å². The third kappa shape index (κ3) is 5.09. The Labute approximate surface area is 95.3 Å². The van der Waals surface area contributed by atoms with Crippen molar-refractivity contribution in [1.29, 1.82) is 0 Å². The van der Waals surface area contributed by atoms with Gasteiger partial charge < -0.3 is 4.74 Å². The molecule has 1 rings (SSSR count). The minimum atomic E-state index is -0.189. The zero-order valence-corrected chi connectivity index (χ0v) is 9.62. The number of nitrogens with zero attached hydrogens (tertiary/aromatic N) is 1. The van der Waals surface area contributed by atoms with Crippen molar-refractivity contribution in [2.45, 2.75) is 19.8 Å². The number of morpholine rings is 1. The van der Waals surface area contributed by atoms with Crippen LogP contribution in [0.15, 0.2) is 0 Å². The van der Waals surface area contributed by atoms with Crippen molar-refractivity contribution in [1.82, 2.24) is 15.8 Å². The molecule has 1 aliphatic rings. The van der Waals surface area contributed by atoms with Gasteiger partial charge in [-0.15, -0.1) is 0 Å². The number of hydrogen-bond acceptors (Lipinski definition) is 4. The number of carbonyl (C=O) groups is 2. The molecular weight excluding hydrogens is 210 g/mol. The van der Waals surface area contributed by atoms with Crippen LogP contribution >= 0.6 is 0 Å². The van der Waals surface area contributed by atoms with Gasteiger partial charge in [0.25, 0.3) is 5.91 Å². The number of amides is 2. The molecule has 92 valence electrons. The van der Waals surface area contributed by atoms with Gasteiger partial charge in [-0.25, -0.2) is 0 Å². The molecule has 1 heterocycles. The van der Waals surface area contributed by atoms with Crippen LogP contribution in [0.4, 0.5) is 0 Å². The van der Waals surface area contributed by atoms with Crippen molar-refractivity contribution < 1.29 is 14.3 Å². The molecule has 1 fully saturated rings. The van der Waals surface area contributed by atoms with Gasteiger partial charge in [0, 0.05) is 19.5 Å². The zero-order valence-electron chi connectivity index (χ0n) is 9.62. The number of nitrogens with one attached hydrogen (secondary N) is 2. The standard InChI is InChI=1S/C10H19N3O3/c1-2-3-9(14)11-12-10(15)8-13-4-6-16-7-5-13/h2-8H2,1H3,(H,11,14)(H,12,15). The molecule has 0 saturated carbocycles. The molecule has 0 unspecified atom stereocenters. The smallest absolute Gasteiger partial charge is 0.252 e. The average Bonchev–Trinajstić information content (AvgIpc) is 2.28. The van der Waals surface area contributed by atoms with Gasteiger partial charge in [-0.1, -0.05) is 6.92 Å². The number of hydrogen-bond donors (Lipinski definition) is 2. The fourth-order valence-corrected chi connectivity index (χ4v) is 1.43. The molecule has 2 amide bonds.